The molecule has 110 valence electrons. The summed E-state index contributed by atoms with van der Waals surface area (Å²) in [5.74, 6) is -1.35. The number of hydrogen-bond donors (Lipinski definition) is 1. The van der Waals surface area contributed by atoms with Gasteiger partial charge in [0.15, 0.2) is 0 Å². The van der Waals surface area contributed by atoms with Crippen LogP contribution in [0.25, 0.3) is 0 Å². The van der Waals surface area contributed by atoms with Crippen LogP contribution in [0.5, 0.6) is 0 Å². The number of nitrogens with zero attached hydrogens (tertiary/aromatic N) is 1. The molecular weight excluding hydrogens is 263 g/mol. The summed E-state index contributed by atoms with van der Waals surface area (Å²) >= 11 is 0. The molecule has 1 aromatic carbocycles. The number of rotatable bonds is 4. The Morgan fingerprint density at radius 1 is 1.60 bits per heavy atom. The van der Waals surface area contributed by atoms with Crippen LogP contribution in [0.15, 0.2) is 18.2 Å². The number of halogens is 1. The van der Waals surface area contributed by atoms with Crippen molar-refractivity contribution in [2.24, 2.45) is 0 Å². The number of likely N-dealkylation sites (N-methyl/N-ethyl adjacent to an activating group) is 1. The standard InChI is InChI=1S/C14H19FN2O3/c1-2-17-5-6-19-11(8-17)9-20-14(18)12-7-10(16)3-4-13(12)15/h3-4,7,11H,2,5-6,8-9,16H2,1H3. The number of hydrogen-bond acceptors (Lipinski definition) is 5. The van der Waals surface area contributed by atoms with Crippen molar-refractivity contribution in [3.8, 4) is 0 Å². The van der Waals surface area contributed by atoms with E-state index in [2.05, 4.69) is 11.8 Å². The number of anilines is 1. The lowest BCUT2D eigenvalue weighted by molar-refractivity contribution is -0.0579. The molecule has 0 bridgehead atoms. The van der Waals surface area contributed by atoms with Gasteiger partial charge in [0.2, 0.25) is 0 Å². The normalized spacial score (nSPS) is 19.8. The largest absolute Gasteiger partial charge is 0.459 e. The van der Waals surface area contributed by atoms with Crippen LogP contribution in [0.4, 0.5) is 10.1 Å². The van der Waals surface area contributed by atoms with Crippen LogP contribution in [0.3, 0.4) is 0 Å². The van der Waals surface area contributed by atoms with Crippen molar-refractivity contribution < 1.29 is 18.7 Å². The molecule has 1 aromatic rings. The molecular formula is C14H19FN2O3. The smallest absolute Gasteiger partial charge is 0.341 e. The van der Waals surface area contributed by atoms with E-state index in [9.17, 15) is 9.18 Å². The molecule has 1 fully saturated rings. The second kappa shape index (κ2) is 6.67. The topological polar surface area (TPSA) is 64.8 Å². The van der Waals surface area contributed by atoms with E-state index in [0.717, 1.165) is 19.2 Å². The Balaban J connectivity index is 1.90. The van der Waals surface area contributed by atoms with Gasteiger partial charge in [-0.1, -0.05) is 6.92 Å². The number of benzene rings is 1. The molecule has 1 unspecified atom stereocenters. The highest BCUT2D eigenvalue weighted by Gasteiger charge is 2.22. The van der Waals surface area contributed by atoms with Crippen molar-refractivity contribution >= 4 is 11.7 Å². The van der Waals surface area contributed by atoms with Gasteiger partial charge in [-0.25, -0.2) is 9.18 Å². The Morgan fingerprint density at radius 2 is 2.40 bits per heavy atom. The number of carbonyl (C=O) groups is 1. The van der Waals surface area contributed by atoms with Gasteiger partial charge in [-0.15, -0.1) is 0 Å². The van der Waals surface area contributed by atoms with E-state index in [4.69, 9.17) is 15.2 Å². The molecule has 2 rings (SSSR count). The summed E-state index contributed by atoms with van der Waals surface area (Å²) in [6, 6.07) is 3.83. The second-order valence-corrected chi connectivity index (χ2v) is 4.72. The summed E-state index contributed by atoms with van der Waals surface area (Å²) in [5, 5.41) is 0. The summed E-state index contributed by atoms with van der Waals surface area (Å²) in [6.45, 7) is 5.31. The SMILES string of the molecule is CCN1CCOC(COC(=O)c2cc(N)ccc2F)C1. The van der Waals surface area contributed by atoms with E-state index in [-0.39, 0.29) is 18.3 Å². The Bertz CT molecular complexity index is 481. The van der Waals surface area contributed by atoms with Crippen molar-refractivity contribution in [1.82, 2.24) is 4.90 Å². The lowest BCUT2D eigenvalue weighted by Crippen LogP contribution is -2.44. The fourth-order valence-corrected chi connectivity index (χ4v) is 2.11. The van der Waals surface area contributed by atoms with Crippen molar-refractivity contribution in [3.63, 3.8) is 0 Å². The lowest BCUT2D eigenvalue weighted by atomic mass is 10.2. The Morgan fingerprint density at radius 3 is 3.15 bits per heavy atom. The van der Waals surface area contributed by atoms with Gasteiger partial charge in [0.05, 0.1) is 12.2 Å². The van der Waals surface area contributed by atoms with Gasteiger partial charge in [0, 0.05) is 18.8 Å². The van der Waals surface area contributed by atoms with Crippen molar-refractivity contribution in [2.45, 2.75) is 13.0 Å². The molecule has 0 aromatic heterocycles. The Labute approximate surface area is 117 Å². The number of nitrogens with two attached hydrogens (primary N) is 1. The summed E-state index contributed by atoms with van der Waals surface area (Å²) in [6.07, 6.45) is -0.170. The third-order valence-electron chi connectivity index (χ3n) is 3.28. The van der Waals surface area contributed by atoms with Gasteiger partial charge in [-0.3, -0.25) is 4.90 Å². The van der Waals surface area contributed by atoms with Crippen LogP contribution in [0, 0.1) is 5.82 Å². The molecule has 1 aliphatic rings. The van der Waals surface area contributed by atoms with Crippen molar-refractivity contribution in [3.05, 3.63) is 29.6 Å². The van der Waals surface area contributed by atoms with Gasteiger partial charge in [-0.05, 0) is 24.7 Å². The van der Waals surface area contributed by atoms with Crippen molar-refractivity contribution in [2.75, 3.05) is 38.6 Å². The molecule has 1 heterocycles. The fourth-order valence-electron chi connectivity index (χ4n) is 2.11. The Kier molecular flexibility index (Phi) is 4.92. The average molecular weight is 282 g/mol. The third-order valence-corrected chi connectivity index (χ3v) is 3.28. The van der Waals surface area contributed by atoms with Crippen LogP contribution in [-0.4, -0.2) is 49.8 Å². The highest BCUT2D eigenvalue weighted by Crippen LogP contribution is 2.14. The number of carbonyl (C=O) groups excluding carboxylic acids is 1. The van der Waals surface area contributed by atoms with E-state index >= 15 is 0 Å². The first kappa shape index (κ1) is 14.7. The van der Waals surface area contributed by atoms with E-state index < -0.39 is 11.8 Å². The minimum atomic E-state index is -0.716. The molecule has 1 aliphatic heterocycles. The first-order valence-electron chi connectivity index (χ1n) is 6.66. The zero-order valence-electron chi connectivity index (χ0n) is 11.5. The van der Waals surface area contributed by atoms with Gasteiger partial charge in [-0.2, -0.15) is 0 Å². The number of nitrogen functional groups attached to an aromatic ring is 1. The zero-order chi connectivity index (χ0) is 14.5. The predicted octanol–water partition coefficient (Wildman–Crippen LogP) is 1.29. The molecule has 0 saturated carbocycles. The molecule has 0 spiro atoms. The molecule has 5 nitrogen and oxygen atoms in total. The maximum atomic E-state index is 13.5. The van der Waals surface area contributed by atoms with Crippen LogP contribution in [0.1, 0.15) is 17.3 Å². The van der Waals surface area contributed by atoms with E-state index in [1.165, 1.54) is 12.1 Å². The molecule has 6 heteroatoms. The van der Waals surface area contributed by atoms with E-state index in [1.54, 1.807) is 0 Å². The van der Waals surface area contributed by atoms with E-state index in [0.29, 0.717) is 18.8 Å². The maximum absolute atomic E-state index is 13.5. The molecule has 1 saturated heterocycles. The zero-order valence-corrected chi connectivity index (χ0v) is 11.5. The monoisotopic (exact) mass is 282 g/mol. The first-order chi connectivity index (χ1) is 9.60. The number of morpholine rings is 1. The fraction of sp³-hybridized carbons (Fsp3) is 0.500. The number of esters is 1. The maximum Gasteiger partial charge on any atom is 0.341 e. The number of ether oxygens (including phenoxy) is 2. The Hall–Kier alpha value is -1.66. The summed E-state index contributed by atoms with van der Waals surface area (Å²) < 4.78 is 24.1. The average Bonchev–Trinajstić information content (AvgIpc) is 2.47. The minimum absolute atomic E-state index is 0.115. The summed E-state index contributed by atoms with van der Waals surface area (Å²) in [5.41, 5.74) is 5.71. The molecule has 20 heavy (non-hydrogen) atoms. The summed E-state index contributed by atoms with van der Waals surface area (Å²) in [7, 11) is 0. The van der Waals surface area contributed by atoms with E-state index in [1.807, 2.05) is 0 Å². The first-order valence-corrected chi connectivity index (χ1v) is 6.66. The van der Waals surface area contributed by atoms with Gasteiger partial charge < -0.3 is 15.2 Å². The molecule has 0 radical (unpaired) electrons. The van der Waals surface area contributed by atoms with Gasteiger partial charge in [0.1, 0.15) is 18.5 Å². The third kappa shape index (κ3) is 3.68. The quantitative estimate of drug-likeness (QED) is 0.666. The highest BCUT2D eigenvalue weighted by molar-refractivity contribution is 5.90. The van der Waals surface area contributed by atoms with Gasteiger partial charge >= 0.3 is 5.97 Å². The molecule has 0 aliphatic carbocycles. The highest BCUT2D eigenvalue weighted by atomic mass is 19.1. The van der Waals surface area contributed by atoms with Gasteiger partial charge in [0.25, 0.3) is 0 Å². The summed E-state index contributed by atoms with van der Waals surface area (Å²) in [4.78, 5) is 14.0. The van der Waals surface area contributed by atoms with Crippen LogP contribution in [-0.2, 0) is 9.47 Å². The van der Waals surface area contributed by atoms with Crippen LogP contribution in [0.2, 0.25) is 0 Å². The molecule has 0 amide bonds. The van der Waals surface area contributed by atoms with Crippen LogP contribution >= 0.6 is 0 Å². The lowest BCUT2D eigenvalue weighted by Gasteiger charge is -2.31. The van der Waals surface area contributed by atoms with Crippen LogP contribution < -0.4 is 5.73 Å². The molecule has 1 atom stereocenters. The predicted molar refractivity (Wildman–Crippen MR) is 72.9 cm³/mol. The second-order valence-electron chi connectivity index (χ2n) is 4.72. The van der Waals surface area contributed by atoms with Crippen molar-refractivity contribution in [1.29, 1.82) is 0 Å². The minimum Gasteiger partial charge on any atom is -0.459 e. The molecule has 2 N–H and O–H groups in total.